The lowest BCUT2D eigenvalue weighted by atomic mass is 10.3. The number of nitro groups is 1. The molecule has 0 saturated carbocycles. The van der Waals surface area contributed by atoms with Crippen LogP contribution in [0.2, 0.25) is 0 Å². The van der Waals surface area contributed by atoms with Gasteiger partial charge in [-0.05, 0) is 12.1 Å². The third-order valence-corrected chi connectivity index (χ3v) is 3.00. The first-order valence-electron chi connectivity index (χ1n) is 4.71. The van der Waals surface area contributed by atoms with Crippen LogP contribution in [0.5, 0.6) is 0 Å². The number of thiophene rings is 1. The molecular weight excluding hydrogens is 238 g/mol. The van der Waals surface area contributed by atoms with E-state index in [1.54, 1.807) is 12.1 Å². The average Bonchev–Trinajstić information content (AvgIpc) is 2.74. The van der Waals surface area contributed by atoms with Gasteiger partial charge in [-0.3, -0.25) is 10.1 Å². The van der Waals surface area contributed by atoms with Crippen LogP contribution in [0.3, 0.4) is 0 Å². The second-order valence-electron chi connectivity index (χ2n) is 3.18. The molecule has 0 aliphatic rings. The third-order valence-electron chi connectivity index (χ3n) is 2.05. The van der Waals surface area contributed by atoms with Crippen LogP contribution in [0.25, 0.3) is 0 Å². The number of nitriles is 1. The summed E-state index contributed by atoms with van der Waals surface area (Å²) in [6.45, 7) is 0. The quantitative estimate of drug-likeness (QED) is 0.664. The number of para-hydroxylation sites is 1. The molecule has 0 radical (unpaired) electrons. The zero-order valence-electron chi connectivity index (χ0n) is 8.58. The summed E-state index contributed by atoms with van der Waals surface area (Å²) in [5.41, 5.74) is 0.678. The van der Waals surface area contributed by atoms with E-state index in [0.29, 0.717) is 9.88 Å². The summed E-state index contributed by atoms with van der Waals surface area (Å²) in [6, 6.07) is 12.3. The van der Waals surface area contributed by atoms with E-state index in [-0.39, 0.29) is 5.69 Å². The molecule has 5 nitrogen and oxygen atoms in total. The zero-order valence-corrected chi connectivity index (χ0v) is 9.40. The highest BCUT2D eigenvalue weighted by atomic mass is 32.1. The molecule has 0 amide bonds. The Labute approximate surface area is 101 Å². The van der Waals surface area contributed by atoms with Gasteiger partial charge >= 0.3 is 5.69 Å². The maximum absolute atomic E-state index is 10.8. The zero-order chi connectivity index (χ0) is 12.3. The van der Waals surface area contributed by atoms with Crippen LogP contribution in [0.1, 0.15) is 4.88 Å². The van der Waals surface area contributed by atoms with Crippen molar-refractivity contribution in [3.8, 4) is 6.07 Å². The monoisotopic (exact) mass is 245 g/mol. The summed E-state index contributed by atoms with van der Waals surface area (Å²) in [6.07, 6.45) is 0. The van der Waals surface area contributed by atoms with Gasteiger partial charge in [0.2, 0.25) is 0 Å². The molecule has 6 heteroatoms. The molecule has 0 atom stereocenters. The van der Waals surface area contributed by atoms with Gasteiger partial charge in [0.15, 0.2) is 5.00 Å². The Morgan fingerprint density at radius 3 is 2.65 bits per heavy atom. The second-order valence-corrected chi connectivity index (χ2v) is 4.24. The molecule has 1 N–H and O–H groups in total. The van der Waals surface area contributed by atoms with Crippen molar-refractivity contribution < 1.29 is 4.92 Å². The predicted molar refractivity (Wildman–Crippen MR) is 65.4 cm³/mol. The molecule has 1 aromatic carbocycles. The molecule has 0 aliphatic heterocycles. The summed E-state index contributed by atoms with van der Waals surface area (Å²) in [5.74, 6) is 0. The minimum absolute atomic E-state index is 0.0737. The SMILES string of the molecule is N#Cc1cc([N+](=O)[O-])c(Nc2ccccc2)s1. The first-order chi connectivity index (χ1) is 8.20. The van der Waals surface area contributed by atoms with E-state index in [9.17, 15) is 10.1 Å². The highest BCUT2D eigenvalue weighted by Gasteiger charge is 2.18. The Kier molecular flexibility index (Phi) is 3.03. The fourth-order valence-electron chi connectivity index (χ4n) is 1.31. The Morgan fingerprint density at radius 1 is 1.35 bits per heavy atom. The van der Waals surface area contributed by atoms with Crippen molar-refractivity contribution in [1.82, 2.24) is 0 Å². The van der Waals surface area contributed by atoms with Gasteiger partial charge < -0.3 is 5.32 Å². The number of anilines is 2. The standard InChI is InChI=1S/C11H7N3O2S/c12-7-9-6-10(14(15)16)11(17-9)13-8-4-2-1-3-5-8/h1-6,13H. The largest absolute Gasteiger partial charge is 0.341 e. The number of nitrogens with zero attached hydrogens (tertiary/aromatic N) is 2. The molecule has 0 saturated heterocycles. The third kappa shape index (κ3) is 2.41. The average molecular weight is 245 g/mol. The van der Waals surface area contributed by atoms with Gasteiger partial charge in [-0.1, -0.05) is 29.5 Å². The summed E-state index contributed by atoms with van der Waals surface area (Å²) in [7, 11) is 0. The molecule has 1 aromatic heterocycles. The number of rotatable bonds is 3. The molecular formula is C11H7N3O2S. The van der Waals surface area contributed by atoms with E-state index in [0.717, 1.165) is 17.0 Å². The smallest absolute Gasteiger partial charge is 0.305 e. The number of benzene rings is 1. The van der Waals surface area contributed by atoms with E-state index < -0.39 is 4.92 Å². The van der Waals surface area contributed by atoms with Gasteiger partial charge in [-0.15, -0.1) is 0 Å². The molecule has 0 unspecified atom stereocenters. The Balaban J connectivity index is 2.36. The van der Waals surface area contributed by atoms with Gasteiger partial charge in [-0.2, -0.15) is 5.26 Å². The van der Waals surface area contributed by atoms with Crippen LogP contribution in [0.4, 0.5) is 16.4 Å². The van der Waals surface area contributed by atoms with Gasteiger partial charge in [0.1, 0.15) is 10.9 Å². The minimum Gasteiger partial charge on any atom is -0.341 e. The fraction of sp³-hybridized carbons (Fsp3) is 0. The van der Waals surface area contributed by atoms with Crippen molar-refractivity contribution in [3.63, 3.8) is 0 Å². The van der Waals surface area contributed by atoms with E-state index in [1.807, 2.05) is 24.3 Å². The van der Waals surface area contributed by atoms with Crippen LogP contribution < -0.4 is 5.32 Å². The number of nitrogens with one attached hydrogen (secondary N) is 1. The molecule has 0 spiro atoms. The minimum atomic E-state index is -0.497. The lowest BCUT2D eigenvalue weighted by molar-refractivity contribution is -0.383. The van der Waals surface area contributed by atoms with Crippen molar-refractivity contribution in [2.45, 2.75) is 0 Å². The normalized spacial score (nSPS) is 9.59. The van der Waals surface area contributed by atoms with Gasteiger partial charge in [0.05, 0.1) is 4.92 Å². The van der Waals surface area contributed by atoms with Crippen molar-refractivity contribution >= 4 is 27.7 Å². The van der Waals surface area contributed by atoms with Gasteiger partial charge in [-0.25, -0.2) is 0 Å². The Hall–Kier alpha value is -2.39. The molecule has 84 valence electrons. The summed E-state index contributed by atoms with van der Waals surface area (Å²) >= 11 is 1.07. The maximum atomic E-state index is 10.8. The molecule has 2 aromatic rings. The van der Waals surface area contributed by atoms with Crippen LogP contribution in [-0.4, -0.2) is 4.92 Å². The van der Waals surface area contributed by atoms with E-state index >= 15 is 0 Å². The first-order valence-corrected chi connectivity index (χ1v) is 5.53. The Morgan fingerprint density at radius 2 is 2.06 bits per heavy atom. The van der Waals surface area contributed by atoms with Crippen molar-refractivity contribution in [1.29, 1.82) is 5.26 Å². The topological polar surface area (TPSA) is 79.0 Å². The maximum Gasteiger partial charge on any atom is 0.305 e. The fourth-order valence-corrected chi connectivity index (χ4v) is 2.16. The lowest BCUT2D eigenvalue weighted by Crippen LogP contribution is -1.92. The summed E-state index contributed by atoms with van der Waals surface area (Å²) < 4.78 is 0. The second kappa shape index (κ2) is 4.63. The molecule has 0 aliphatic carbocycles. The molecule has 2 rings (SSSR count). The Bertz CT molecular complexity index is 587. The molecule has 0 bridgehead atoms. The van der Waals surface area contributed by atoms with Crippen LogP contribution in [0, 0.1) is 21.4 Å². The summed E-state index contributed by atoms with van der Waals surface area (Å²) in [5, 5.41) is 22.8. The van der Waals surface area contributed by atoms with Crippen molar-refractivity contribution in [3.05, 3.63) is 51.4 Å². The highest BCUT2D eigenvalue weighted by molar-refractivity contribution is 7.17. The molecule has 0 fully saturated rings. The van der Waals surface area contributed by atoms with E-state index in [2.05, 4.69) is 5.32 Å². The van der Waals surface area contributed by atoms with E-state index in [4.69, 9.17) is 5.26 Å². The highest BCUT2D eigenvalue weighted by Crippen LogP contribution is 2.36. The molecule has 1 heterocycles. The van der Waals surface area contributed by atoms with Gasteiger partial charge in [0, 0.05) is 11.8 Å². The summed E-state index contributed by atoms with van der Waals surface area (Å²) in [4.78, 5) is 10.6. The molecule has 17 heavy (non-hydrogen) atoms. The van der Waals surface area contributed by atoms with Gasteiger partial charge in [0.25, 0.3) is 0 Å². The van der Waals surface area contributed by atoms with Crippen LogP contribution in [-0.2, 0) is 0 Å². The number of hydrogen-bond acceptors (Lipinski definition) is 5. The van der Waals surface area contributed by atoms with Crippen molar-refractivity contribution in [2.75, 3.05) is 5.32 Å². The van der Waals surface area contributed by atoms with Crippen LogP contribution in [0.15, 0.2) is 36.4 Å². The lowest BCUT2D eigenvalue weighted by Gasteiger charge is -2.01. The van der Waals surface area contributed by atoms with Crippen LogP contribution >= 0.6 is 11.3 Å². The van der Waals surface area contributed by atoms with E-state index in [1.165, 1.54) is 6.07 Å². The predicted octanol–water partition coefficient (Wildman–Crippen LogP) is 3.27. The number of hydrogen-bond donors (Lipinski definition) is 1. The van der Waals surface area contributed by atoms with Crippen molar-refractivity contribution in [2.24, 2.45) is 0 Å². The first kappa shape index (κ1) is 11.1.